The molecule has 2 heterocycles. The van der Waals surface area contributed by atoms with Gasteiger partial charge in [-0.05, 0) is 42.0 Å². The van der Waals surface area contributed by atoms with Gasteiger partial charge in [0.1, 0.15) is 0 Å². The molecule has 0 fully saturated rings. The van der Waals surface area contributed by atoms with Crippen molar-refractivity contribution in [2.24, 2.45) is 0 Å². The maximum absolute atomic E-state index is 13.9. The van der Waals surface area contributed by atoms with Crippen molar-refractivity contribution >= 4 is 34.3 Å². The first kappa shape index (κ1) is 22.7. The Balaban J connectivity index is 1.40. The van der Waals surface area contributed by atoms with E-state index in [1.54, 1.807) is 36.4 Å². The van der Waals surface area contributed by atoms with Gasteiger partial charge in [-0.3, -0.25) is 14.2 Å². The lowest BCUT2D eigenvalue weighted by Gasteiger charge is -2.14. The average molecular weight is 494 g/mol. The number of thioether (sulfide) groups is 1. The van der Waals surface area contributed by atoms with Gasteiger partial charge in [0.15, 0.2) is 28.2 Å². The van der Waals surface area contributed by atoms with E-state index >= 15 is 0 Å². The fourth-order valence-electron chi connectivity index (χ4n) is 3.69. The molecule has 8 nitrogen and oxygen atoms in total. The number of hydrogen-bond acceptors (Lipinski definition) is 7. The molecule has 178 valence electrons. The quantitative estimate of drug-likeness (QED) is 0.307. The summed E-state index contributed by atoms with van der Waals surface area (Å²) in [6.45, 7) is 0.394. The number of nitrogens with zero attached hydrogens (tertiary/aromatic N) is 2. The Bertz CT molecular complexity index is 1490. The topological polar surface area (TPSA) is 91.7 Å². The normalized spacial score (nSPS) is 12.1. The van der Waals surface area contributed by atoms with Crippen molar-refractivity contribution in [3.8, 4) is 17.2 Å². The number of methoxy groups -OCH3 is 1. The number of ether oxygens (including phenoxy) is 3. The summed E-state index contributed by atoms with van der Waals surface area (Å²) < 4.78 is 31.2. The number of carbonyl (C=O) groups excluding carboxylic acids is 1. The monoisotopic (exact) mass is 493 g/mol. The van der Waals surface area contributed by atoms with Crippen LogP contribution < -0.4 is 25.1 Å². The number of halogens is 1. The van der Waals surface area contributed by atoms with Crippen LogP contribution in [-0.2, 0) is 11.3 Å². The van der Waals surface area contributed by atoms with Crippen molar-refractivity contribution in [3.63, 3.8) is 0 Å². The van der Waals surface area contributed by atoms with Crippen LogP contribution in [0.15, 0.2) is 70.6 Å². The highest BCUT2D eigenvalue weighted by Gasteiger charge is 2.17. The first-order chi connectivity index (χ1) is 17.0. The van der Waals surface area contributed by atoms with Crippen molar-refractivity contribution in [2.45, 2.75) is 11.7 Å². The second-order valence-electron chi connectivity index (χ2n) is 7.68. The number of benzene rings is 3. The smallest absolute Gasteiger partial charge is 0.262 e. The molecule has 1 aliphatic heterocycles. The van der Waals surface area contributed by atoms with Gasteiger partial charge in [-0.15, -0.1) is 0 Å². The van der Waals surface area contributed by atoms with E-state index in [4.69, 9.17) is 14.2 Å². The molecule has 5 rings (SSSR count). The molecule has 4 aromatic rings. The third-order valence-electron chi connectivity index (χ3n) is 5.37. The molecule has 0 radical (unpaired) electrons. The van der Waals surface area contributed by atoms with E-state index in [1.165, 1.54) is 23.8 Å². The van der Waals surface area contributed by atoms with Gasteiger partial charge in [-0.2, -0.15) is 0 Å². The highest BCUT2D eigenvalue weighted by Crippen LogP contribution is 2.33. The first-order valence-corrected chi connectivity index (χ1v) is 11.6. The number of para-hydroxylation sites is 1. The molecule has 1 aliphatic rings. The van der Waals surface area contributed by atoms with Crippen LogP contribution >= 0.6 is 11.8 Å². The predicted molar refractivity (Wildman–Crippen MR) is 130 cm³/mol. The Labute approximate surface area is 203 Å². The van der Waals surface area contributed by atoms with Crippen LogP contribution in [0.3, 0.4) is 0 Å². The van der Waals surface area contributed by atoms with Gasteiger partial charge in [0.2, 0.25) is 12.7 Å². The summed E-state index contributed by atoms with van der Waals surface area (Å²) in [6.07, 6.45) is 0. The van der Waals surface area contributed by atoms with Gasteiger partial charge in [0.05, 0.1) is 30.3 Å². The zero-order valence-corrected chi connectivity index (χ0v) is 19.4. The lowest BCUT2D eigenvalue weighted by atomic mass is 10.2. The van der Waals surface area contributed by atoms with Crippen LogP contribution in [0.1, 0.15) is 5.56 Å². The van der Waals surface area contributed by atoms with Crippen LogP contribution in [0.4, 0.5) is 10.1 Å². The van der Waals surface area contributed by atoms with Crippen molar-refractivity contribution in [1.82, 2.24) is 9.55 Å². The van der Waals surface area contributed by atoms with E-state index in [-0.39, 0.29) is 36.3 Å². The third-order valence-corrected chi connectivity index (χ3v) is 6.35. The Morgan fingerprint density at radius 2 is 1.97 bits per heavy atom. The van der Waals surface area contributed by atoms with E-state index in [0.29, 0.717) is 33.2 Å². The maximum Gasteiger partial charge on any atom is 0.262 e. The van der Waals surface area contributed by atoms with Crippen LogP contribution in [0.25, 0.3) is 10.9 Å². The molecule has 1 N–H and O–H groups in total. The minimum Gasteiger partial charge on any atom is -0.494 e. The van der Waals surface area contributed by atoms with Crippen molar-refractivity contribution in [1.29, 1.82) is 0 Å². The molecule has 1 amide bonds. The van der Waals surface area contributed by atoms with E-state index in [2.05, 4.69) is 10.3 Å². The summed E-state index contributed by atoms with van der Waals surface area (Å²) in [5.41, 5.74) is 1.46. The summed E-state index contributed by atoms with van der Waals surface area (Å²) in [4.78, 5) is 30.5. The molecular weight excluding hydrogens is 473 g/mol. The number of amides is 1. The zero-order valence-electron chi connectivity index (χ0n) is 18.6. The number of nitrogens with one attached hydrogen (secondary N) is 1. The number of fused-ring (bicyclic) bond motifs is 2. The van der Waals surface area contributed by atoms with Gasteiger partial charge < -0.3 is 19.5 Å². The third kappa shape index (κ3) is 4.78. The molecule has 0 unspecified atom stereocenters. The molecular formula is C25H20FN3O5S. The number of rotatable bonds is 7. The van der Waals surface area contributed by atoms with E-state index < -0.39 is 5.82 Å². The summed E-state index contributed by atoms with van der Waals surface area (Å²) in [5, 5.41) is 3.53. The molecule has 3 aromatic carbocycles. The lowest BCUT2D eigenvalue weighted by Crippen LogP contribution is -2.25. The minimum absolute atomic E-state index is 0.0282. The van der Waals surface area contributed by atoms with E-state index in [1.807, 2.05) is 12.1 Å². The van der Waals surface area contributed by atoms with Gasteiger partial charge in [-0.25, -0.2) is 9.37 Å². The van der Waals surface area contributed by atoms with Crippen LogP contribution in [0.2, 0.25) is 0 Å². The molecule has 0 atom stereocenters. The molecule has 0 saturated heterocycles. The molecule has 0 saturated carbocycles. The summed E-state index contributed by atoms with van der Waals surface area (Å²) in [5.74, 6) is 0.386. The van der Waals surface area contributed by atoms with E-state index in [0.717, 1.165) is 17.3 Å². The molecule has 0 aliphatic carbocycles. The predicted octanol–water partition coefficient (Wildman–Crippen LogP) is 4.05. The Morgan fingerprint density at radius 1 is 1.14 bits per heavy atom. The average Bonchev–Trinajstić information content (AvgIpc) is 3.33. The molecule has 0 bridgehead atoms. The highest BCUT2D eigenvalue weighted by molar-refractivity contribution is 7.99. The molecule has 0 spiro atoms. The summed E-state index contributed by atoms with van der Waals surface area (Å²) in [6, 6.07) is 16.7. The van der Waals surface area contributed by atoms with E-state index in [9.17, 15) is 14.0 Å². The Hall–Kier alpha value is -4.05. The van der Waals surface area contributed by atoms with Crippen molar-refractivity contribution in [3.05, 3.63) is 82.4 Å². The lowest BCUT2D eigenvalue weighted by molar-refractivity contribution is -0.113. The number of carbonyl (C=O) groups is 1. The van der Waals surface area contributed by atoms with Gasteiger partial charge in [0.25, 0.3) is 5.56 Å². The molecule has 1 aromatic heterocycles. The maximum atomic E-state index is 13.9. The minimum atomic E-state index is -0.577. The number of aromatic nitrogens is 2. The molecule has 35 heavy (non-hydrogen) atoms. The van der Waals surface area contributed by atoms with Crippen molar-refractivity contribution < 1.29 is 23.4 Å². The summed E-state index contributed by atoms with van der Waals surface area (Å²) >= 11 is 1.13. The molecule has 10 heteroatoms. The van der Waals surface area contributed by atoms with Crippen LogP contribution in [0.5, 0.6) is 17.2 Å². The van der Waals surface area contributed by atoms with Gasteiger partial charge >= 0.3 is 0 Å². The highest BCUT2D eigenvalue weighted by atomic mass is 32.2. The fourth-order valence-corrected chi connectivity index (χ4v) is 4.49. The Kier molecular flexibility index (Phi) is 6.28. The van der Waals surface area contributed by atoms with Crippen LogP contribution in [0, 0.1) is 5.82 Å². The Morgan fingerprint density at radius 3 is 2.80 bits per heavy atom. The SMILES string of the molecule is COc1ccc(NC(=O)CSc2nc3ccccc3c(=O)n2Cc2ccc3c(c2)OCO3)cc1F. The van der Waals surface area contributed by atoms with Crippen LogP contribution in [-0.4, -0.2) is 35.1 Å². The van der Waals surface area contributed by atoms with Crippen molar-refractivity contribution in [2.75, 3.05) is 25.0 Å². The summed E-state index contributed by atoms with van der Waals surface area (Å²) in [7, 11) is 1.37. The second-order valence-corrected chi connectivity index (χ2v) is 8.62. The second kappa shape index (κ2) is 9.67. The fraction of sp³-hybridized carbons (Fsp3) is 0.160. The first-order valence-electron chi connectivity index (χ1n) is 10.7. The van der Waals surface area contributed by atoms with Gasteiger partial charge in [-0.1, -0.05) is 30.0 Å². The number of hydrogen-bond donors (Lipinski definition) is 1. The largest absolute Gasteiger partial charge is 0.494 e. The standard InChI is InChI=1S/C25H20FN3O5S/c1-32-20-9-7-16(11-18(20)26)27-23(30)13-35-25-28-19-5-3-2-4-17(19)24(31)29(25)12-15-6-8-21-22(10-15)34-14-33-21/h2-11H,12-14H2,1H3,(H,27,30). The van der Waals surface area contributed by atoms with Gasteiger partial charge in [0, 0.05) is 11.8 Å². The zero-order chi connectivity index (χ0) is 24.4. The number of anilines is 1.